The van der Waals surface area contributed by atoms with Crippen LogP contribution >= 0.6 is 0 Å². The van der Waals surface area contributed by atoms with E-state index >= 15 is 0 Å². The number of hydrogen-bond donors (Lipinski definition) is 2. The smallest absolute Gasteiger partial charge is 0.261 e. The van der Waals surface area contributed by atoms with Crippen molar-refractivity contribution in [3.63, 3.8) is 0 Å². The van der Waals surface area contributed by atoms with Gasteiger partial charge in [0.1, 0.15) is 0 Å². The summed E-state index contributed by atoms with van der Waals surface area (Å²) in [6.45, 7) is 0.0226. The molecule has 28 heavy (non-hydrogen) atoms. The van der Waals surface area contributed by atoms with Crippen LogP contribution in [0, 0.1) is 0 Å². The first-order valence-electron chi connectivity index (χ1n) is 8.79. The molecule has 0 fully saturated rings. The van der Waals surface area contributed by atoms with Crippen LogP contribution in [-0.4, -0.2) is 59.0 Å². The summed E-state index contributed by atoms with van der Waals surface area (Å²) in [7, 11) is 0. The summed E-state index contributed by atoms with van der Waals surface area (Å²) in [4.78, 5) is 50.1. The molecule has 0 bridgehead atoms. The Bertz CT molecular complexity index is 1010. The lowest BCUT2D eigenvalue weighted by Gasteiger charge is -2.01. The van der Waals surface area contributed by atoms with Gasteiger partial charge in [-0.15, -0.1) is 0 Å². The second kappa shape index (κ2) is 8.57. The third kappa shape index (κ3) is 3.54. The minimum atomic E-state index is -0.555. The summed E-state index contributed by atoms with van der Waals surface area (Å²) in [6, 6.07) is 2.57. The number of hydrogen-bond acceptors (Lipinski definition) is 8. The largest absolute Gasteiger partial charge is 0.394 e. The second-order valence-electron chi connectivity index (χ2n) is 6.14. The van der Waals surface area contributed by atoms with Crippen LogP contribution in [0.5, 0.6) is 0 Å². The van der Waals surface area contributed by atoms with Gasteiger partial charge in [0.2, 0.25) is 0 Å². The lowest BCUT2D eigenvalue weighted by molar-refractivity contribution is 0.0863. The first-order chi connectivity index (χ1) is 13.5. The van der Waals surface area contributed by atoms with Crippen LogP contribution in [0.2, 0.25) is 0 Å². The van der Waals surface area contributed by atoms with Crippen LogP contribution in [0.25, 0.3) is 21.5 Å². The average Bonchev–Trinajstić information content (AvgIpc) is 3.07. The first kappa shape index (κ1) is 20.1. The van der Waals surface area contributed by atoms with Crippen molar-refractivity contribution in [2.75, 3.05) is 39.6 Å². The van der Waals surface area contributed by atoms with E-state index in [0.29, 0.717) is 0 Å². The Morgan fingerprint density at radius 3 is 1.21 bits per heavy atom. The highest BCUT2D eigenvalue weighted by Crippen LogP contribution is 2.14. The zero-order valence-corrected chi connectivity index (χ0v) is 15.0. The van der Waals surface area contributed by atoms with E-state index in [1.54, 1.807) is 0 Å². The third-order valence-electron chi connectivity index (χ3n) is 4.45. The summed E-state index contributed by atoms with van der Waals surface area (Å²) in [5.74, 6) is 0. The fourth-order valence-corrected chi connectivity index (χ4v) is 3.12. The molecule has 0 saturated carbocycles. The summed E-state index contributed by atoms with van der Waals surface area (Å²) in [5, 5.41) is 17.7. The fraction of sp³-hybridized carbons (Fsp3) is 0.444. The Labute approximate surface area is 157 Å². The lowest BCUT2D eigenvalue weighted by atomic mass is 10.1. The maximum Gasteiger partial charge on any atom is 0.261 e. The highest BCUT2D eigenvalue weighted by Gasteiger charge is 2.19. The summed E-state index contributed by atoms with van der Waals surface area (Å²) < 4.78 is 12.2. The van der Waals surface area contributed by atoms with Crippen molar-refractivity contribution in [2.24, 2.45) is 0 Å². The van der Waals surface area contributed by atoms with Gasteiger partial charge in [0.15, 0.2) is 0 Å². The molecule has 1 aromatic carbocycles. The molecule has 0 radical (unpaired) electrons. The molecule has 3 rings (SSSR count). The molecule has 0 aliphatic carbocycles. The Hall–Kier alpha value is -2.66. The van der Waals surface area contributed by atoms with Gasteiger partial charge in [0.05, 0.1) is 74.3 Å². The van der Waals surface area contributed by atoms with E-state index in [9.17, 15) is 19.2 Å². The van der Waals surface area contributed by atoms with Crippen molar-refractivity contribution < 1.29 is 19.7 Å². The number of aliphatic hydroxyl groups is 2. The number of aliphatic hydroxyl groups excluding tert-OH is 2. The zero-order chi connectivity index (χ0) is 20.3. The second-order valence-corrected chi connectivity index (χ2v) is 6.14. The molecular formula is C18H20N2O8. The molecule has 10 nitrogen and oxygen atoms in total. The summed E-state index contributed by atoms with van der Waals surface area (Å²) in [5.41, 5.74) is -2.22. The summed E-state index contributed by atoms with van der Waals surface area (Å²) >= 11 is 0. The summed E-state index contributed by atoms with van der Waals surface area (Å²) in [6.07, 6.45) is 0. The quantitative estimate of drug-likeness (QED) is 0.376. The van der Waals surface area contributed by atoms with Crippen molar-refractivity contribution in [3.8, 4) is 0 Å². The molecule has 0 unspecified atom stereocenters. The van der Waals surface area contributed by atoms with E-state index in [0.717, 1.165) is 9.13 Å². The Balaban J connectivity index is 2.01. The normalized spacial score (nSPS) is 11.8. The molecule has 0 amide bonds. The van der Waals surface area contributed by atoms with Crippen LogP contribution in [0.1, 0.15) is 0 Å². The van der Waals surface area contributed by atoms with Crippen LogP contribution < -0.4 is 22.2 Å². The number of rotatable bonds is 10. The fourth-order valence-electron chi connectivity index (χ4n) is 3.12. The number of nitrogens with zero attached hydrogens (tertiary/aromatic N) is 2. The maximum absolute atomic E-state index is 12.5. The van der Waals surface area contributed by atoms with Crippen LogP contribution in [0.15, 0.2) is 31.3 Å². The zero-order valence-electron chi connectivity index (χ0n) is 15.0. The Morgan fingerprint density at radius 2 is 0.929 bits per heavy atom. The van der Waals surface area contributed by atoms with Gasteiger partial charge in [-0.3, -0.25) is 28.3 Å². The van der Waals surface area contributed by atoms with Crippen molar-refractivity contribution in [1.29, 1.82) is 0 Å². The maximum atomic E-state index is 12.5. The van der Waals surface area contributed by atoms with Crippen LogP contribution in [0.3, 0.4) is 0 Å². The Morgan fingerprint density at radius 1 is 0.607 bits per heavy atom. The van der Waals surface area contributed by atoms with Gasteiger partial charge in [-0.1, -0.05) is 0 Å². The molecule has 0 aliphatic heterocycles. The predicted octanol–water partition coefficient (Wildman–Crippen LogP) is -2.07. The van der Waals surface area contributed by atoms with Gasteiger partial charge in [0.25, 0.3) is 22.2 Å². The van der Waals surface area contributed by atoms with E-state index in [4.69, 9.17) is 19.7 Å². The predicted molar refractivity (Wildman–Crippen MR) is 101 cm³/mol. The molecule has 0 spiro atoms. The minimum absolute atomic E-state index is 0.00717. The van der Waals surface area contributed by atoms with Gasteiger partial charge in [-0.25, -0.2) is 0 Å². The highest BCUT2D eigenvalue weighted by molar-refractivity contribution is 5.97. The van der Waals surface area contributed by atoms with E-state index in [1.807, 2.05) is 0 Å². The van der Waals surface area contributed by atoms with Crippen molar-refractivity contribution in [2.45, 2.75) is 13.1 Å². The number of fused-ring (bicyclic) bond motifs is 2. The number of ether oxygens (including phenoxy) is 2. The van der Waals surface area contributed by atoms with Gasteiger partial charge in [-0.05, 0) is 12.1 Å². The molecule has 2 heterocycles. The topological polar surface area (TPSA) is 137 Å². The Kier molecular flexibility index (Phi) is 6.15. The van der Waals surface area contributed by atoms with Crippen molar-refractivity contribution >= 4 is 21.5 Å². The standard InChI is InChI=1S/C18H20N2O8/c21-3-7-27-5-1-19-15(23)11-9-13-14(10-12(11)16(19)24)18(26)20(17(13)25)2-6-28-8-4-22/h9-10,21-22H,1-8H2. The molecule has 0 atom stereocenters. The molecular weight excluding hydrogens is 372 g/mol. The van der Waals surface area contributed by atoms with Gasteiger partial charge in [0, 0.05) is 0 Å². The molecule has 0 saturated heterocycles. The monoisotopic (exact) mass is 392 g/mol. The number of benzene rings is 1. The SMILES string of the molecule is O=c1c2cc3c(=O)n(CCOCCO)c(=O)c3cc2c(=O)n1CCOCCO. The highest BCUT2D eigenvalue weighted by atomic mass is 16.5. The van der Waals surface area contributed by atoms with Gasteiger partial charge in [-0.2, -0.15) is 0 Å². The van der Waals surface area contributed by atoms with E-state index in [1.165, 1.54) is 12.1 Å². The van der Waals surface area contributed by atoms with E-state index in [2.05, 4.69) is 0 Å². The lowest BCUT2D eigenvalue weighted by Crippen LogP contribution is -2.28. The molecule has 0 aliphatic rings. The molecule has 3 aromatic rings. The molecule has 10 heteroatoms. The third-order valence-corrected chi connectivity index (χ3v) is 4.45. The van der Waals surface area contributed by atoms with Gasteiger partial charge < -0.3 is 19.7 Å². The minimum Gasteiger partial charge on any atom is -0.394 e. The van der Waals surface area contributed by atoms with Crippen LogP contribution in [-0.2, 0) is 22.6 Å². The van der Waals surface area contributed by atoms with Gasteiger partial charge >= 0.3 is 0 Å². The van der Waals surface area contributed by atoms with Crippen molar-refractivity contribution in [1.82, 2.24) is 9.13 Å². The van der Waals surface area contributed by atoms with Crippen molar-refractivity contribution in [3.05, 3.63) is 53.5 Å². The molecule has 2 N–H and O–H groups in total. The first-order valence-corrected chi connectivity index (χ1v) is 8.79. The van der Waals surface area contributed by atoms with Crippen LogP contribution in [0.4, 0.5) is 0 Å². The van der Waals surface area contributed by atoms with E-state index < -0.39 is 22.2 Å². The molecule has 2 aromatic heterocycles. The average molecular weight is 392 g/mol. The molecule has 150 valence electrons. The number of aromatic nitrogens is 2. The van der Waals surface area contributed by atoms with E-state index in [-0.39, 0.29) is 74.3 Å².